The number of H-pyrrole nitrogens is 1. The highest BCUT2D eigenvalue weighted by atomic mass is 16.5. The Labute approximate surface area is 119 Å². The Kier molecular flexibility index (Phi) is 4.45. The van der Waals surface area contributed by atoms with Crippen molar-refractivity contribution in [2.75, 3.05) is 0 Å². The second-order valence-corrected chi connectivity index (χ2v) is 5.35. The lowest BCUT2D eigenvalue weighted by atomic mass is 10.0. The van der Waals surface area contributed by atoms with Crippen molar-refractivity contribution in [1.29, 1.82) is 0 Å². The summed E-state index contributed by atoms with van der Waals surface area (Å²) in [7, 11) is 0. The van der Waals surface area contributed by atoms with E-state index < -0.39 is 0 Å². The molecule has 1 atom stereocenters. The maximum Gasteiger partial charge on any atom is 0.140 e. The molecule has 2 aromatic rings. The smallest absolute Gasteiger partial charge is 0.140 e. The van der Waals surface area contributed by atoms with Gasteiger partial charge in [-0.15, -0.1) is 0 Å². The van der Waals surface area contributed by atoms with Crippen molar-refractivity contribution in [3.8, 4) is 5.75 Å². The number of aliphatic hydroxyl groups excluding tert-OH is 1. The van der Waals surface area contributed by atoms with Gasteiger partial charge in [-0.25, -0.2) is 0 Å². The van der Waals surface area contributed by atoms with Crippen molar-refractivity contribution in [2.45, 2.75) is 46.3 Å². The third-order valence-electron chi connectivity index (χ3n) is 3.51. The molecule has 2 rings (SSSR count). The number of nitrogens with zero attached hydrogens (tertiary/aromatic N) is 1. The first-order chi connectivity index (χ1) is 9.52. The summed E-state index contributed by atoms with van der Waals surface area (Å²) in [4.78, 5) is 0. The standard InChI is InChI=1S/C16H22N2O2/c1-10(2)13-5-7-14(8-6-13)20-12(4)16-15(9-19)11(3)17-18-16/h5-8,10,12,19H,9H2,1-4H3,(H,17,18). The molecular weight excluding hydrogens is 252 g/mol. The Bertz CT molecular complexity index is 558. The minimum Gasteiger partial charge on any atom is -0.484 e. The van der Waals surface area contributed by atoms with Crippen molar-refractivity contribution in [3.63, 3.8) is 0 Å². The molecule has 1 aromatic heterocycles. The Morgan fingerprint density at radius 1 is 1.20 bits per heavy atom. The van der Waals surface area contributed by atoms with Crippen LogP contribution in [0, 0.1) is 6.92 Å². The minimum absolute atomic E-state index is 0.0301. The number of hydrogen-bond donors (Lipinski definition) is 2. The van der Waals surface area contributed by atoms with Gasteiger partial charge in [0.1, 0.15) is 17.5 Å². The second-order valence-electron chi connectivity index (χ2n) is 5.35. The maximum atomic E-state index is 9.39. The molecule has 0 saturated carbocycles. The molecule has 108 valence electrons. The third-order valence-corrected chi connectivity index (χ3v) is 3.51. The van der Waals surface area contributed by atoms with Crippen LogP contribution in [0.4, 0.5) is 0 Å². The molecule has 0 aliphatic rings. The van der Waals surface area contributed by atoms with Gasteiger partial charge in [-0.3, -0.25) is 5.10 Å². The molecule has 0 saturated heterocycles. The first kappa shape index (κ1) is 14.6. The van der Waals surface area contributed by atoms with Crippen molar-refractivity contribution in [2.24, 2.45) is 0 Å². The van der Waals surface area contributed by atoms with Crippen LogP contribution in [0.25, 0.3) is 0 Å². The summed E-state index contributed by atoms with van der Waals surface area (Å²) in [6.45, 7) is 8.13. The topological polar surface area (TPSA) is 58.1 Å². The van der Waals surface area contributed by atoms with Crippen LogP contribution in [-0.2, 0) is 6.61 Å². The van der Waals surface area contributed by atoms with Gasteiger partial charge in [-0.1, -0.05) is 26.0 Å². The first-order valence-electron chi connectivity index (χ1n) is 6.94. The number of aromatic nitrogens is 2. The van der Waals surface area contributed by atoms with Crippen LogP contribution >= 0.6 is 0 Å². The fourth-order valence-electron chi connectivity index (χ4n) is 2.20. The number of ether oxygens (including phenoxy) is 1. The largest absolute Gasteiger partial charge is 0.484 e. The molecule has 0 spiro atoms. The van der Waals surface area contributed by atoms with Crippen LogP contribution in [0.1, 0.15) is 55.3 Å². The molecular formula is C16H22N2O2. The van der Waals surface area contributed by atoms with E-state index >= 15 is 0 Å². The zero-order chi connectivity index (χ0) is 14.7. The van der Waals surface area contributed by atoms with E-state index in [1.54, 1.807) is 0 Å². The molecule has 4 heteroatoms. The minimum atomic E-state index is -0.202. The fourth-order valence-corrected chi connectivity index (χ4v) is 2.20. The van der Waals surface area contributed by atoms with E-state index in [0.717, 1.165) is 22.7 Å². The lowest BCUT2D eigenvalue weighted by Crippen LogP contribution is -2.06. The van der Waals surface area contributed by atoms with Gasteiger partial charge in [0.05, 0.1) is 6.61 Å². The van der Waals surface area contributed by atoms with Crippen LogP contribution in [0.3, 0.4) is 0 Å². The van der Waals surface area contributed by atoms with Gasteiger partial charge >= 0.3 is 0 Å². The number of aliphatic hydroxyl groups is 1. The van der Waals surface area contributed by atoms with Crippen molar-refractivity contribution < 1.29 is 9.84 Å². The first-order valence-corrected chi connectivity index (χ1v) is 6.94. The SMILES string of the molecule is Cc1[nH]nc(C(C)Oc2ccc(C(C)C)cc2)c1CO. The molecule has 0 aliphatic carbocycles. The van der Waals surface area contributed by atoms with Crippen molar-refractivity contribution in [3.05, 3.63) is 46.8 Å². The number of benzene rings is 1. The van der Waals surface area contributed by atoms with Gasteiger partial charge in [0.2, 0.25) is 0 Å². The zero-order valence-electron chi connectivity index (χ0n) is 12.5. The summed E-state index contributed by atoms with van der Waals surface area (Å²) < 4.78 is 5.90. The molecule has 0 fully saturated rings. The van der Waals surface area contributed by atoms with E-state index in [1.807, 2.05) is 26.0 Å². The summed E-state index contributed by atoms with van der Waals surface area (Å²) in [5, 5.41) is 16.5. The summed E-state index contributed by atoms with van der Waals surface area (Å²) in [5.74, 6) is 1.32. The monoisotopic (exact) mass is 274 g/mol. The number of aryl methyl sites for hydroxylation is 1. The second kappa shape index (κ2) is 6.09. The van der Waals surface area contributed by atoms with Gasteiger partial charge in [0.25, 0.3) is 0 Å². The van der Waals surface area contributed by atoms with Crippen molar-refractivity contribution in [1.82, 2.24) is 10.2 Å². The molecule has 1 heterocycles. The number of aromatic amines is 1. The number of hydrogen-bond acceptors (Lipinski definition) is 3. The van der Waals surface area contributed by atoms with Crippen LogP contribution in [0.2, 0.25) is 0 Å². The van der Waals surface area contributed by atoms with E-state index in [1.165, 1.54) is 5.56 Å². The molecule has 20 heavy (non-hydrogen) atoms. The third kappa shape index (κ3) is 3.02. The predicted molar refractivity (Wildman–Crippen MR) is 78.8 cm³/mol. The molecule has 1 aromatic carbocycles. The highest BCUT2D eigenvalue weighted by Crippen LogP contribution is 2.25. The number of rotatable bonds is 5. The average Bonchev–Trinajstić information content (AvgIpc) is 2.80. The number of nitrogens with one attached hydrogen (secondary N) is 1. The van der Waals surface area contributed by atoms with E-state index in [4.69, 9.17) is 4.74 Å². The van der Waals surface area contributed by atoms with Crippen molar-refractivity contribution >= 4 is 0 Å². The lowest BCUT2D eigenvalue weighted by molar-refractivity contribution is 0.214. The molecule has 1 unspecified atom stereocenters. The van der Waals surface area contributed by atoms with E-state index in [9.17, 15) is 5.11 Å². The van der Waals surface area contributed by atoms with E-state index in [0.29, 0.717) is 5.92 Å². The Hall–Kier alpha value is -1.81. The molecule has 0 aliphatic heterocycles. The summed E-state index contributed by atoms with van der Waals surface area (Å²) in [6, 6.07) is 8.11. The highest BCUT2D eigenvalue weighted by Gasteiger charge is 2.17. The molecule has 2 N–H and O–H groups in total. The highest BCUT2D eigenvalue weighted by molar-refractivity contribution is 5.31. The van der Waals surface area contributed by atoms with Crippen LogP contribution in [0.15, 0.2) is 24.3 Å². The van der Waals surface area contributed by atoms with Gasteiger partial charge in [-0.05, 0) is 37.5 Å². The predicted octanol–water partition coefficient (Wildman–Crippen LogP) is 3.47. The summed E-state index contributed by atoms with van der Waals surface area (Å²) in [5.41, 5.74) is 3.75. The Morgan fingerprint density at radius 2 is 1.85 bits per heavy atom. The molecule has 0 amide bonds. The normalized spacial score (nSPS) is 12.7. The fraction of sp³-hybridized carbons (Fsp3) is 0.438. The molecule has 0 bridgehead atoms. The summed E-state index contributed by atoms with van der Waals surface area (Å²) >= 11 is 0. The Morgan fingerprint density at radius 3 is 2.40 bits per heavy atom. The van der Waals surface area contributed by atoms with E-state index in [-0.39, 0.29) is 12.7 Å². The Balaban J connectivity index is 2.12. The van der Waals surface area contributed by atoms with Gasteiger partial charge in [-0.2, -0.15) is 5.10 Å². The summed E-state index contributed by atoms with van der Waals surface area (Å²) in [6.07, 6.45) is -0.202. The van der Waals surface area contributed by atoms with Crippen LogP contribution in [-0.4, -0.2) is 15.3 Å². The lowest BCUT2D eigenvalue weighted by Gasteiger charge is -2.15. The maximum absolute atomic E-state index is 9.39. The molecule has 0 radical (unpaired) electrons. The van der Waals surface area contributed by atoms with Crippen LogP contribution < -0.4 is 4.74 Å². The molecule has 4 nitrogen and oxygen atoms in total. The van der Waals surface area contributed by atoms with Crippen LogP contribution in [0.5, 0.6) is 5.75 Å². The van der Waals surface area contributed by atoms with Gasteiger partial charge < -0.3 is 9.84 Å². The average molecular weight is 274 g/mol. The zero-order valence-corrected chi connectivity index (χ0v) is 12.5. The van der Waals surface area contributed by atoms with Gasteiger partial charge in [0, 0.05) is 11.3 Å². The van der Waals surface area contributed by atoms with Gasteiger partial charge in [0.15, 0.2) is 0 Å². The van der Waals surface area contributed by atoms with E-state index in [2.05, 4.69) is 36.2 Å². The quantitative estimate of drug-likeness (QED) is 0.877.